The molecule has 1 N–H and O–H groups in total. The van der Waals surface area contributed by atoms with Gasteiger partial charge in [0.1, 0.15) is 11.8 Å². The number of carbonyl (C=O) groups excluding carboxylic acids is 2. The van der Waals surface area contributed by atoms with Gasteiger partial charge in [0.05, 0.1) is 6.61 Å². The van der Waals surface area contributed by atoms with Crippen LogP contribution in [0, 0.1) is 0 Å². The van der Waals surface area contributed by atoms with Gasteiger partial charge in [-0.2, -0.15) is 0 Å². The third-order valence-electron chi connectivity index (χ3n) is 5.68. The first-order valence-electron chi connectivity index (χ1n) is 12.2. The summed E-state index contributed by atoms with van der Waals surface area (Å²) in [6.07, 6.45) is 1.06. The molecule has 0 radical (unpaired) electrons. The molecule has 196 valence electrons. The second-order valence-corrected chi connectivity index (χ2v) is 10.3. The standard InChI is InChI=1S/C29H31Cl3N2O3/c1-20(2)33-29(36)27(17-21-7-4-3-5-8-21)34(19-22-10-11-24(31)18-26(22)32)28(35)9-6-16-37-25-14-12-23(30)13-15-25/h3-5,7-8,10-15,18,20,27H,6,9,16-17,19H2,1-2H3,(H,33,36). The fourth-order valence-electron chi connectivity index (χ4n) is 3.86. The zero-order chi connectivity index (χ0) is 26.8. The van der Waals surface area contributed by atoms with Gasteiger partial charge in [-0.15, -0.1) is 0 Å². The molecule has 0 saturated heterocycles. The van der Waals surface area contributed by atoms with E-state index in [0.29, 0.717) is 45.8 Å². The Balaban J connectivity index is 1.81. The van der Waals surface area contributed by atoms with Crippen LogP contribution >= 0.6 is 34.8 Å². The number of carbonyl (C=O) groups is 2. The lowest BCUT2D eigenvalue weighted by Gasteiger charge is -2.32. The van der Waals surface area contributed by atoms with E-state index in [2.05, 4.69) is 5.32 Å². The summed E-state index contributed by atoms with van der Waals surface area (Å²) in [6.45, 7) is 4.32. The number of nitrogens with zero attached hydrogens (tertiary/aromatic N) is 1. The largest absolute Gasteiger partial charge is 0.494 e. The summed E-state index contributed by atoms with van der Waals surface area (Å²) in [5.74, 6) is 0.306. The van der Waals surface area contributed by atoms with E-state index in [1.807, 2.05) is 44.2 Å². The third-order valence-corrected chi connectivity index (χ3v) is 6.51. The Labute approximate surface area is 233 Å². The molecule has 37 heavy (non-hydrogen) atoms. The van der Waals surface area contributed by atoms with Crippen LogP contribution in [0.2, 0.25) is 15.1 Å². The summed E-state index contributed by atoms with van der Waals surface area (Å²) in [5, 5.41) is 4.55. The maximum atomic E-state index is 13.6. The topological polar surface area (TPSA) is 58.6 Å². The van der Waals surface area contributed by atoms with Gasteiger partial charge in [-0.05, 0) is 67.8 Å². The van der Waals surface area contributed by atoms with Crippen LogP contribution in [0.15, 0.2) is 72.8 Å². The number of hydrogen-bond acceptors (Lipinski definition) is 3. The van der Waals surface area contributed by atoms with Gasteiger partial charge in [0.2, 0.25) is 11.8 Å². The average Bonchev–Trinajstić information content (AvgIpc) is 2.86. The molecule has 0 saturated carbocycles. The Hall–Kier alpha value is -2.73. The van der Waals surface area contributed by atoms with Gasteiger partial charge in [-0.25, -0.2) is 0 Å². The number of amides is 2. The molecular weight excluding hydrogens is 531 g/mol. The SMILES string of the molecule is CC(C)NC(=O)C(Cc1ccccc1)N(Cc1ccc(Cl)cc1Cl)C(=O)CCCOc1ccc(Cl)cc1. The first kappa shape index (κ1) is 28.8. The van der Waals surface area contributed by atoms with Crippen LogP contribution in [0.25, 0.3) is 0 Å². The van der Waals surface area contributed by atoms with Crippen LogP contribution < -0.4 is 10.1 Å². The molecule has 0 aliphatic rings. The van der Waals surface area contributed by atoms with Crippen molar-refractivity contribution in [1.82, 2.24) is 10.2 Å². The van der Waals surface area contributed by atoms with Crippen LogP contribution in [0.3, 0.4) is 0 Å². The predicted octanol–water partition coefficient (Wildman–Crippen LogP) is 6.97. The van der Waals surface area contributed by atoms with Crippen molar-refractivity contribution >= 4 is 46.6 Å². The monoisotopic (exact) mass is 560 g/mol. The van der Waals surface area contributed by atoms with Crippen molar-refractivity contribution in [1.29, 1.82) is 0 Å². The minimum Gasteiger partial charge on any atom is -0.494 e. The maximum Gasteiger partial charge on any atom is 0.243 e. The van der Waals surface area contributed by atoms with Crippen molar-refractivity contribution in [3.63, 3.8) is 0 Å². The maximum absolute atomic E-state index is 13.6. The Morgan fingerprint density at radius 1 is 0.919 bits per heavy atom. The van der Waals surface area contributed by atoms with Gasteiger partial charge < -0.3 is 15.0 Å². The average molecular weight is 562 g/mol. The van der Waals surface area contributed by atoms with Gasteiger partial charge in [-0.3, -0.25) is 9.59 Å². The molecule has 1 atom stereocenters. The predicted molar refractivity (Wildman–Crippen MR) is 150 cm³/mol. The second kappa shape index (κ2) is 14.3. The molecule has 0 heterocycles. The first-order chi connectivity index (χ1) is 17.7. The van der Waals surface area contributed by atoms with Gasteiger partial charge in [0.15, 0.2) is 0 Å². The molecule has 3 aromatic rings. The Morgan fingerprint density at radius 2 is 1.59 bits per heavy atom. The van der Waals surface area contributed by atoms with Crippen molar-refractivity contribution < 1.29 is 14.3 Å². The summed E-state index contributed by atoms with van der Waals surface area (Å²) in [4.78, 5) is 28.6. The minimum absolute atomic E-state index is 0.0744. The van der Waals surface area contributed by atoms with E-state index in [9.17, 15) is 9.59 Å². The number of halogens is 3. The smallest absolute Gasteiger partial charge is 0.243 e. The molecule has 0 aromatic heterocycles. The third kappa shape index (κ3) is 9.26. The summed E-state index contributed by atoms with van der Waals surface area (Å²) in [5.41, 5.74) is 1.67. The van der Waals surface area contributed by atoms with Crippen molar-refractivity contribution in [2.75, 3.05) is 6.61 Å². The van der Waals surface area contributed by atoms with Crippen molar-refractivity contribution in [3.8, 4) is 5.75 Å². The van der Waals surface area contributed by atoms with Crippen LogP contribution in [-0.2, 0) is 22.6 Å². The van der Waals surface area contributed by atoms with E-state index in [1.54, 1.807) is 47.4 Å². The van der Waals surface area contributed by atoms with E-state index < -0.39 is 6.04 Å². The van der Waals surface area contributed by atoms with Crippen molar-refractivity contribution in [2.45, 2.75) is 51.7 Å². The summed E-state index contributed by atoms with van der Waals surface area (Å²) < 4.78 is 5.75. The lowest BCUT2D eigenvalue weighted by molar-refractivity contribution is -0.141. The zero-order valence-corrected chi connectivity index (χ0v) is 23.2. The van der Waals surface area contributed by atoms with E-state index in [-0.39, 0.29) is 30.8 Å². The van der Waals surface area contributed by atoms with E-state index in [4.69, 9.17) is 39.5 Å². The Kier molecular flexibility index (Phi) is 11.1. The number of nitrogens with one attached hydrogen (secondary N) is 1. The highest BCUT2D eigenvalue weighted by Crippen LogP contribution is 2.25. The molecule has 2 amide bonds. The zero-order valence-electron chi connectivity index (χ0n) is 20.9. The van der Waals surface area contributed by atoms with Crippen molar-refractivity contribution in [2.24, 2.45) is 0 Å². The lowest BCUT2D eigenvalue weighted by atomic mass is 10.0. The van der Waals surface area contributed by atoms with E-state index in [1.165, 1.54) is 0 Å². The minimum atomic E-state index is -0.721. The Bertz CT molecular complexity index is 1170. The van der Waals surface area contributed by atoms with Crippen LogP contribution in [0.4, 0.5) is 0 Å². The van der Waals surface area contributed by atoms with Gasteiger partial charge in [0, 0.05) is 40.5 Å². The van der Waals surface area contributed by atoms with Crippen LogP contribution in [-0.4, -0.2) is 35.4 Å². The molecule has 0 aliphatic heterocycles. The normalized spacial score (nSPS) is 11.7. The molecule has 3 aromatic carbocycles. The summed E-state index contributed by atoms with van der Waals surface area (Å²) in [7, 11) is 0. The summed E-state index contributed by atoms with van der Waals surface area (Å²) in [6, 6.07) is 21.1. The fraction of sp³-hybridized carbons (Fsp3) is 0.310. The molecule has 3 rings (SSSR count). The molecule has 0 fully saturated rings. The molecule has 0 aliphatic carbocycles. The molecule has 0 spiro atoms. The highest BCUT2D eigenvalue weighted by molar-refractivity contribution is 6.35. The quantitative estimate of drug-likeness (QED) is 0.243. The molecule has 1 unspecified atom stereocenters. The van der Waals surface area contributed by atoms with Crippen LogP contribution in [0.5, 0.6) is 5.75 Å². The number of ether oxygens (including phenoxy) is 1. The molecule has 0 bridgehead atoms. The van der Waals surface area contributed by atoms with E-state index >= 15 is 0 Å². The number of rotatable bonds is 12. The van der Waals surface area contributed by atoms with Crippen LogP contribution in [0.1, 0.15) is 37.8 Å². The van der Waals surface area contributed by atoms with Gasteiger partial charge >= 0.3 is 0 Å². The number of benzene rings is 3. The first-order valence-corrected chi connectivity index (χ1v) is 13.3. The molecule has 8 heteroatoms. The second-order valence-electron chi connectivity index (χ2n) is 9.03. The Morgan fingerprint density at radius 3 is 2.24 bits per heavy atom. The van der Waals surface area contributed by atoms with Gasteiger partial charge in [0.25, 0.3) is 0 Å². The van der Waals surface area contributed by atoms with Crippen molar-refractivity contribution in [3.05, 3.63) is 99.0 Å². The highest BCUT2D eigenvalue weighted by Gasteiger charge is 2.31. The lowest BCUT2D eigenvalue weighted by Crippen LogP contribution is -2.51. The molecule has 5 nitrogen and oxygen atoms in total. The molecular formula is C29H31Cl3N2O3. The number of hydrogen-bond donors (Lipinski definition) is 1. The van der Waals surface area contributed by atoms with E-state index in [0.717, 1.165) is 5.56 Å². The fourth-order valence-corrected chi connectivity index (χ4v) is 4.45. The van der Waals surface area contributed by atoms with Gasteiger partial charge in [-0.1, -0.05) is 71.2 Å². The summed E-state index contributed by atoms with van der Waals surface area (Å²) >= 11 is 18.5. The highest BCUT2D eigenvalue weighted by atomic mass is 35.5.